The fourth-order valence-corrected chi connectivity index (χ4v) is 1.93. The summed E-state index contributed by atoms with van der Waals surface area (Å²) in [6.07, 6.45) is 1.36. The van der Waals surface area contributed by atoms with Crippen LogP contribution in [0.4, 0.5) is 5.69 Å². The molecule has 0 saturated carbocycles. The highest BCUT2D eigenvalue weighted by Gasteiger charge is 2.22. The van der Waals surface area contributed by atoms with Gasteiger partial charge in [0.15, 0.2) is 0 Å². The Balaban J connectivity index is 2.29. The molecule has 2 heterocycles. The van der Waals surface area contributed by atoms with Crippen LogP contribution in [0.2, 0.25) is 0 Å². The number of nitro benzene ring substituents is 1. The Labute approximate surface area is 106 Å². The molecule has 0 bridgehead atoms. The van der Waals surface area contributed by atoms with Gasteiger partial charge in [0.05, 0.1) is 15.8 Å². The number of hydrogen-bond donors (Lipinski definition) is 0. The third-order valence-electron chi connectivity index (χ3n) is 2.80. The summed E-state index contributed by atoms with van der Waals surface area (Å²) in [5.41, 5.74) is 0.633. The highest BCUT2D eigenvalue weighted by atomic mass is 16.6. The molecule has 0 radical (unpaired) electrons. The first-order valence-corrected chi connectivity index (χ1v) is 5.54. The molecule has 3 rings (SSSR count). The number of pyridine rings is 1. The first kappa shape index (κ1) is 11.4. The molecular weight excluding hydrogens is 252 g/mol. The van der Waals surface area contributed by atoms with Crippen LogP contribution in [-0.4, -0.2) is 29.1 Å². The van der Waals surface area contributed by atoms with Crippen LogP contribution in [0.1, 0.15) is 10.4 Å². The van der Waals surface area contributed by atoms with Gasteiger partial charge in [-0.1, -0.05) is 0 Å². The van der Waals surface area contributed by atoms with Crippen molar-refractivity contribution < 1.29 is 19.2 Å². The number of carbonyl (C=O) groups is 1. The maximum Gasteiger partial charge on any atom is 0.343 e. The van der Waals surface area contributed by atoms with Crippen LogP contribution in [0.25, 0.3) is 10.9 Å². The van der Waals surface area contributed by atoms with Crippen LogP contribution in [0.3, 0.4) is 0 Å². The second-order valence-electron chi connectivity index (χ2n) is 3.94. The highest BCUT2D eigenvalue weighted by molar-refractivity contribution is 6.00. The van der Waals surface area contributed by atoms with E-state index in [1.54, 1.807) is 0 Å². The molecule has 7 nitrogen and oxygen atoms in total. The monoisotopic (exact) mass is 260 g/mol. The average molecular weight is 260 g/mol. The summed E-state index contributed by atoms with van der Waals surface area (Å²) in [6, 6.07) is 4.23. The Kier molecular flexibility index (Phi) is 2.52. The van der Waals surface area contributed by atoms with Gasteiger partial charge in [-0.2, -0.15) is 0 Å². The molecule has 1 aromatic heterocycles. The number of nitrogens with zero attached hydrogens (tertiary/aromatic N) is 2. The third kappa shape index (κ3) is 1.85. The SMILES string of the molecule is O=C1OCCOc2c1cnc1ccc([N+](=O)[O-])cc21. The number of non-ortho nitro benzene ring substituents is 1. The van der Waals surface area contributed by atoms with Crippen molar-refractivity contribution in [1.82, 2.24) is 4.98 Å². The van der Waals surface area contributed by atoms with Crippen LogP contribution < -0.4 is 4.74 Å². The Morgan fingerprint density at radius 2 is 2.05 bits per heavy atom. The zero-order valence-corrected chi connectivity index (χ0v) is 9.66. The molecule has 0 aliphatic carbocycles. The maximum atomic E-state index is 11.7. The largest absolute Gasteiger partial charge is 0.488 e. The van der Waals surface area contributed by atoms with E-state index >= 15 is 0 Å². The zero-order valence-electron chi connectivity index (χ0n) is 9.66. The summed E-state index contributed by atoms with van der Waals surface area (Å²) in [5.74, 6) is -0.246. The molecule has 0 saturated heterocycles. The molecule has 0 unspecified atom stereocenters. The number of cyclic esters (lactones) is 1. The van der Waals surface area contributed by atoms with Gasteiger partial charge in [-0.05, 0) is 6.07 Å². The smallest absolute Gasteiger partial charge is 0.343 e. The predicted molar refractivity (Wildman–Crippen MR) is 64.2 cm³/mol. The number of rotatable bonds is 1. The van der Waals surface area contributed by atoms with Crippen molar-refractivity contribution in [3.8, 4) is 5.75 Å². The minimum atomic E-state index is -0.534. The molecule has 0 atom stereocenters. The summed E-state index contributed by atoms with van der Waals surface area (Å²) in [7, 11) is 0. The topological polar surface area (TPSA) is 91.6 Å². The van der Waals surface area contributed by atoms with E-state index in [9.17, 15) is 14.9 Å². The van der Waals surface area contributed by atoms with E-state index in [1.807, 2.05) is 0 Å². The van der Waals surface area contributed by atoms with Crippen molar-refractivity contribution in [2.45, 2.75) is 0 Å². The fraction of sp³-hybridized carbons (Fsp3) is 0.167. The summed E-state index contributed by atoms with van der Waals surface area (Å²) in [5, 5.41) is 11.2. The van der Waals surface area contributed by atoms with Gasteiger partial charge in [0.2, 0.25) is 0 Å². The van der Waals surface area contributed by atoms with E-state index in [-0.39, 0.29) is 30.2 Å². The number of ether oxygens (including phenoxy) is 2. The number of hydrogen-bond acceptors (Lipinski definition) is 6. The van der Waals surface area contributed by atoms with Crippen LogP contribution in [0.15, 0.2) is 24.4 Å². The number of aromatic nitrogens is 1. The van der Waals surface area contributed by atoms with Gasteiger partial charge in [0, 0.05) is 18.3 Å². The predicted octanol–water partition coefficient (Wildman–Crippen LogP) is 1.69. The summed E-state index contributed by atoms with van der Waals surface area (Å²) in [4.78, 5) is 26.1. The van der Waals surface area contributed by atoms with Gasteiger partial charge in [0.1, 0.15) is 24.5 Å². The molecule has 2 aromatic rings. The van der Waals surface area contributed by atoms with Crippen LogP contribution in [0, 0.1) is 10.1 Å². The highest BCUT2D eigenvalue weighted by Crippen LogP contribution is 2.32. The Bertz CT molecular complexity index is 698. The Morgan fingerprint density at radius 1 is 1.26 bits per heavy atom. The molecule has 0 amide bonds. The van der Waals surface area contributed by atoms with E-state index in [2.05, 4.69) is 4.98 Å². The summed E-state index contributed by atoms with van der Waals surface area (Å²) in [6.45, 7) is 0.352. The van der Waals surface area contributed by atoms with Crippen LogP contribution >= 0.6 is 0 Å². The lowest BCUT2D eigenvalue weighted by atomic mass is 10.1. The van der Waals surface area contributed by atoms with Crippen molar-refractivity contribution in [2.75, 3.05) is 13.2 Å². The molecule has 7 heteroatoms. The van der Waals surface area contributed by atoms with Crippen molar-refractivity contribution in [2.24, 2.45) is 0 Å². The van der Waals surface area contributed by atoms with Crippen molar-refractivity contribution in [1.29, 1.82) is 0 Å². The lowest BCUT2D eigenvalue weighted by molar-refractivity contribution is -0.384. The second-order valence-corrected chi connectivity index (χ2v) is 3.94. The van der Waals surface area contributed by atoms with E-state index < -0.39 is 10.9 Å². The lowest BCUT2D eigenvalue weighted by Crippen LogP contribution is -2.05. The van der Waals surface area contributed by atoms with Crippen molar-refractivity contribution >= 4 is 22.6 Å². The molecule has 0 spiro atoms. The number of esters is 1. The molecule has 1 aliphatic heterocycles. The summed E-state index contributed by atoms with van der Waals surface area (Å²) < 4.78 is 10.4. The minimum Gasteiger partial charge on any atom is -0.488 e. The molecule has 96 valence electrons. The van der Waals surface area contributed by atoms with Gasteiger partial charge >= 0.3 is 5.97 Å². The van der Waals surface area contributed by atoms with Gasteiger partial charge in [-0.15, -0.1) is 0 Å². The standard InChI is InChI=1S/C12H8N2O5/c15-12-9-6-13-10-2-1-7(14(16)17)5-8(10)11(9)18-3-4-19-12/h1-2,5-6H,3-4H2. The van der Waals surface area contributed by atoms with Gasteiger partial charge in [-0.25, -0.2) is 4.79 Å². The quantitative estimate of drug-likeness (QED) is 0.440. The van der Waals surface area contributed by atoms with E-state index in [0.717, 1.165) is 0 Å². The number of nitro groups is 1. The second kappa shape index (κ2) is 4.20. The number of fused-ring (bicyclic) bond motifs is 3. The lowest BCUT2D eigenvalue weighted by Gasteiger charge is -2.07. The molecular formula is C12H8N2O5. The van der Waals surface area contributed by atoms with E-state index in [4.69, 9.17) is 9.47 Å². The number of carbonyl (C=O) groups excluding carboxylic acids is 1. The third-order valence-corrected chi connectivity index (χ3v) is 2.80. The molecule has 19 heavy (non-hydrogen) atoms. The first-order valence-electron chi connectivity index (χ1n) is 5.54. The van der Waals surface area contributed by atoms with Crippen LogP contribution in [0.5, 0.6) is 5.75 Å². The Morgan fingerprint density at radius 3 is 2.84 bits per heavy atom. The Hall–Kier alpha value is -2.70. The van der Waals surface area contributed by atoms with Crippen molar-refractivity contribution in [3.63, 3.8) is 0 Å². The van der Waals surface area contributed by atoms with Crippen molar-refractivity contribution in [3.05, 3.63) is 40.1 Å². The first-order chi connectivity index (χ1) is 9.16. The zero-order chi connectivity index (χ0) is 13.4. The summed E-state index contributed by atoms with van der Waals surface area (Å²) >= 11 is 0. The van der Waals surface area contributed by atoms with Gasteiger partial charge in [-0.3, -0.25) is 15.1 Å². The minimum absolute atomic E-state index is 0.0797. The van der Waals surface area contributed by atoms with E-state index in [0.29, 0.717) is 10.9 Å². The number of benzene rings is 1. The van der Waals surface area contributed by atoms with Gasteiger partial charge < -0.3 is 9.47 Å². The molecule has 1 aromatic carbocycles. The average Bonchev–Trinajstić information content (AvgIpc) is 2.60. The molecule has 0 N–H and O–H groups in total. The normalized spacial score (nSPS) is 14.2. The molecule has 0 fully saturated rings. The molecule has 1 aliphatic rings. The maximum absolute atomic E-state index is 11.7. The van der Waals surface area contributed by atoms with Crippen LogP contribution in [-0.2, 0) is 4.74 Å². The van der Waals surface area contributed by atoms with E-state index in [1.165, 1.54) is 24.4 Å². The van der Waals surface area contributed by atoms with Gasteiger partial charge in [0.25, 0.3) is 5.69 Å². The fourth-order valence-electron chi connectivity index (χ4n) is 1.93.